The molecule has 0 bridgehead atoms. The molecule has 1 aromatic rings. The number of carbonyl (C=O) groups excluding carboxylic acids is 1. The van der Waals surface area contributed by atoms with Crippen molar-refractivity contribution in [2.45, 2.75) is 11.8 Å². The summed E-state index contributed by atoms with van der Waals surface area (Å²) in [6.45, 7) is 4.08. The summed E-state index contributed by atoms with van der Waals surface area (Å²) in [6.07, 6.45) is 0. The van der Waals surface area contributed by atoms with E-state index in [4.69, 9.17) is 0 Å². The van der Waals surface area contributed by atoms with Crippen molar-refractivity contribution < 1.29 is 13.2 Å². The van der Waals surface area contributed by atoms with E-state index >= 15 is 0 Å². The summed E-state index contributed by atoms with van der Waals surface area (Å²) in [5, 5.41) is 2.99. The molecule has 7 heteroatoms. The molecule has 1 aliphatic rings. The van der Waals surface area contributed by atoms with E-state index in [1.165, 1.54) is 4.31 Å². The van der Waals surface area contributed by atoms with E-state index in [1.54, 1.807) is 35.2 Å². The van der Waals surface area contributed by atoms with Crippen LogP contribution in [-0.4, -0.2) is 63.3 Å². The molecule has 0 spiro atoms. The van der Waals surface area contributed by atoms with Gasteiger partial charge in [0.15, 0.2) is 0 Å². The zero-order chi connectivity index (χ0) is 16.2. The first-order valence-electron chi connectivity index (χ1n) is 7.45. The molecule has 0 radical (unpaired) electrons. The van der Waals surface area contributed by atoms with Gasteiger partial charge in [-0.1, -0.05) is 25.1 Å². The van der Waals surface area contributed by atoms with Gasteiger partial charge in [-0.25, -0.2) is 8.42 Å². The maximum absolute atomic E-state index is 12.5. The molecular formula is C15H23N3O3S. The van der Waals surface area contributed by atoms with Gasteiger partial charge in [-0.2, -0.15) is 4.31 Å². The summed E-state index contributed by atoms with van der Waals surface area (Å²) in [6, 6.07) is 8.42. The quantitative estimate of drug-likeness (QED) is 0.849. The van der Waals surface area contributed by atoms with Crippen molar-refractivity contribution in [1.29, 1.82) is 0 Å². The molecule has 122 valence electrons. The summed E-state index contributed by atoms with van der Waals surface area (Å²) in [4.78, 5) is 14.3. The highest BCUT2D eigenvalue weighted by Crippen LogP contribution is 2.17. The van der Waals surface area contributed by atoms with Crippen molar-refractivity contribution in [3.05, 3.63) is 30.3 Å². The Morgan fingerprint density at radius 2 is 1.77 bits per heavy atom. The number of benzene rings is 1. The van der Waals surface area contributed by atoms with E-state index in [9.17, 15) is 13.2 Å². The maximum atomic E-state index is 12.5. The zero-order valence-electron chi connectivity index (χ0n) is 13.0. The minimum absolute atomic E-state index is 0.0751. The van der Waals surface area contributed by atoms with Gasteiger partial charge in [-0.05, 0) is 19.2 Å². The van der Waals surface area contributed by atoms with Crippen molar-refractivity contribution in [2.24, 2.45) is 5.92 Å². The second-order valence-electron chi connectivity index (χ2n) is 5.50. The Kier molecular flexibility index (Phi) is 5.55. The average Bonchev–Trinajstić information content (AvgIpc) is 2.55. The Bertz CT molecular complexity index is 596. The molecule has 0 aromatic heterocycles. The molecule has 1 N–H and O–H groups in total. The van der Waals surface area contributed by atoms with Gasteiger partial charge in [-0.3, -0.25) is 4.79 Å². The fraction of sp³-hybridized carbons (Fsp3) is 0.533. The largest absolute Gasteiger partial charge is 0.340 e. The molecule has 22 heavy (non-hydrogen) atoms. The van der Waals surface area contributed by atoms with Crippen LogP contribution < -0.4 is 5.32 Å². The first-order valence-corrected chi connectivity index (χ1v) is 8.89. The summed E-state index contributed by atoms with van der Waals surface area (Å²) >= 11 is 0. The normalized spacial score (nSPS) is 18.2. The lowest BCUT2D eigenvalue weighted by Gasteiger charge is -2.35. The summed E-state index contributed by atoms with van der Waals surface area (Å²) in [5.74, 6) is -0.0200. The highest BCUT2D eigenvalue weighted by atomic mass is 32.2. The van der Waals surface area contributed by atoms with Crippen molar-refractivity contribution >= 4 is 15.9 Å². The van der Waals surface area contributed by atoms with Crippen LogP contribution >= 0.6 is 0 Å². The molecule has 1 atom stereocenters. The van der Waals surface area contributed by atoms with E-state index in [1.807, 2.05) is 14.0 Å². The Morgan fingerprint density at radius 1 is 1.18 bits per heavy atom. The smallest absolute Gasteiger partial charge is 0.243 e. The van der Waals surface area contributed by atoms with Crippen LogP contribution in [0.2, 0.25) is 0 Å². The van der Waals surface area contributed by atoms with Crippen LogP contribution in [0.15, 0.2) is 35.2 Å². The number of piperazine rings is 1. The van der Waals surface area contributed by atoms with Crippen molar-refractivity contribution in [2.75, 3.05) is 39.8 Å². The number of sulfonamides is 1. The number of carbonyl (C=O) groups is 1. The molecule has 0 saturated carbocycles. The van der Waals surface area contributed by atoms with E-state index in [2.05, 4.69) is 5.32 Å². The van der Waals surface area contributed by atoms with Crippen LogP contribution in [0.1, 0.15) is 6.92 Å². The molecule has 1 heterocycles. The molecular weight excluding hydrogens is 302 g/mol. The topological polar surface area (TPSA) is 69.7 Å². The van der Waals surface area contributed by atoms with Gasteiger partial charge in [0, 0.05) is 38.6 Å². The van der Waals surface area contributed by atoms with Crippen LogP contribution in [-0.2, 0) is 14.8 Å². The fourth-order valence-corrected chi connectivity index (χ4v) is 4.04. The number of hydrogen-bond donors (Lipinski definition) is 1. The molecule has 1 aliphatic heterocycles. The Labute approximate surface area is 132 Å². The lowest BCUT2D eigenvalue weighted by Crippen LogP contribution is -2.52. The predicted octanol–water partition coefficient (Wildman–Crippen LogP) is 0.375. The Balaban J connectivity index is 1.99. The summed E-state index contributed by atoms with van der Waals surface area (Å²) < 4.78 is 26.5. The number of rotatable bonds is 5. The number of nitrogens with zero attached hydrogens (tertiary/aromatic N) is 2. The third-order valence-corrected chi connectivity index (χ3v) is 5.78. The van der Waals surface area contributed by atoms with Gasteiger partial charge in [0.2, 0.25) is 15.9 Å². The minimum Gasteiger partial charge on any atom is -0.340 e. The first kappa shape index (κ1) is 16.9. The zero-order valence-corrected chi connectivity index (χ0v) is 13.8. The number of amides is 1. The van der Waals surface area contributed by atoms with Crippen LogP contribution in [0.3, 0.4) is 0 Å². The monoisotopic (exact) mass is 325 g/mol. The van der Waals surface area contributed by atoms with Gasteiger partial charge < -0.3 is 10.2 Å². The van der Waals surface area contributed by atoms with E-state index in [0.29, 0.717) is 37.6 Å². The molecule has 1 fully saturated rings. The van der Waals surface area contributed by atoms with E-state index in [0.717, 1.165) is 0 Å². The molecule has 0 aliphatic carbocycles. The minimum atomic E-state index is -3.46. The molecule has 1 unspecified atom stereocenters. The third kappa shape index (κ3) is 3.66. The Hall–Kier alpha value is -1.44. The molecule has 1 aromatic carbocycles. The van der Waals surface area contributed by atoms with E-state index < -0.39 is 10.0 Å². The van der Waals surface area contributed by atoms with Gasteiger partial charge in [0.05, 0.1) is 4.90 Å². The van der Waals surface area contributed by atoms with Gasteiger partial charge in [-0.15, -0.1) is 0 Å². The highest BCUT2D eigenvalue weighted by molar-refractivity contribution is 7.89. The SMILES string of the molecule is CNCC(C)C(=O)N1CCN(S(=O)(=O)c2ccccc2)CC1. The van der Waals surface area contributed by atoms with Crippen LogP contribution in [0.5, 0.6) is 0 Å². The van der Waals surface area contributed by atoms with Gasteiger partial charge in [0.1, 0.15) is 0 Å². The lowest BCUT2D eigenvalue weighted by molar-refractivity contribution is -0.136. The Morgan fingerprint density at radius 3 is 2.32 bits per heavy atom. The van der Waals surface area contributed by atoms with Gasteiger partial charge >= 0.3 is 0 Å². The van der Waals surface area contributed by atoms with E-state index in [-0.39, 0.29) is 11.8 Å². The van der Waals surface area contributed by atoms with Crippen LogP contribution in [0, 0.1) is 5.92 Å². The predicted molar refractivity (Wildman–Crippen MR) is 84.9 cm³/mol. The highest BCUT2D eigenvalue weighted by Gasteiger charge is 2.31. The standard InChI is InChI=1S/C15H23N3O3S/c1-13(12-16-2)15(19)17-8-10-18(11-9-17)22(20,21)14-6-4-3-5-7-14/h3-7,13,16H,8-12H2,1-2H3. The summed E-state index contributed by atoms with van der Waals surface area (Å²) in [7, 11) is -1.64. The molecule has 1 saturated heterocycles. The van der Waals surface area contributed by atoms with Crippen molar-refractivity contribution in [1.82, 2.24) is 14.5 Å². The second kappa shape index (κ2) is 7.21. The van der Waals surface area contributed by atoms with Crippen LogP contribution in [0.4, 0.5) is 0 Å². The average molecular weight is 325 g/mol. The van der Waals surface area contributed by atoms with Gasteiger partial charge in [0.25, 0.3) is 0 Å². The molecule has 1 amide bonds. The fourth-order valence-electron chi connectivity index (χ4n) is 2.60. The van der Waals surface area contributed by atoms with Crippen molar-refractivity contribution in [3.63, 3.8) is 0 Å². The lowest BCUT2D eigenvalue weighted by atomic mass is 10.1. The number of hydrogen-bond acceptors (Lipinski definition) is 4. The number of nitrogens with one attached hydrogen (secondary N) is 1. The summed E-state index contributed by atoms with van der Waals surface area (Å²) in [5.41, 5.74) is 0. The second-order valence-corrected chi connectivity index (χ2v) is 7.44. The molecule has 2 rings (SSSR count). The van der Waals surface area contributed by atoms with Crippen molar-refractivity contribution in [3.8, 4) is 0 Å². The van der Waals surface area contributed by atoms with Crippen LogP contribution in [0.25, 0.3) is 0 Å². The first-order chi connectivity index (χ1) is 10.5. The molecule has 6 nitrogen and oxygen atoms in total. The maximum Gasteiger partial charge on any atom is 0.243 e. The third-order valence-electron chi connectivity index (χ3n) is 3.86.